The molecule has 6 N–H and O–H groups in total. The number of nitrogens with one attached hydrogen (secondary N) is 2. The lowest BCUT2D eigenvalue weighted by molar-refractivity contribution is 0.100. The van der Waals surface area contributed by atoms with Crippen LogP contribution < -0.4 is 22.1 Å². The van der Waals surface area contributed by atoms with E-state index < -0.39 is 5.91 Å². The fraction of sp³-hybridized carbons (Fsp3) is 0.333. The summed E-state index contributed by atoms with van der Waals surface area (Å²) in [5.74, 6) is 0.601. The van der Waals surface area contributed by atoms with Crippen molar-refractivity contribution in [2.24, 2.45) is 17.4 Å². The molecular formula is C21H26N8O. The summed E-state index contributed by atoms with van der Waals surface area (Å²) in [7, 11) is 0. The molecular weight excluding hydrogens is 380 g/mol. The third-order valence-electron chi connectivity index (χ3n) is 5.44. The fourth-order valence-electron chi connectivity index (χ4n) is 3.71. The van der Waals surface area contributed by atoms with Crippen molar-refractivity contribution in [1.29, 1.82) is 0 Å². The van der Waals surface area contributed by atoms with Crippen molar-refractivity contribution in [2.45, 2.75) is 31.7 Å². The Morgan fingerprint density at radius 2 is 2.00 bits per heavy atom. The molecule has 1 aliphatic carbocycles. The minimum Gasteiger partial charge on any atom is -0.365 e. The van der Waals surface area contributed by atoms with Crippen molar-refractivity contribution in [3.63, 3.8) is 0 Å². The molecule has 1 aromatic carbocycles. The van der Waals surface area contributed by atoms with Gasteiger partial charge < -0.3 is 22.1 Å². The van der Waals surface area contributed by atoms with E-state index in [-0.39, 0.29) is 11.6 Å². The van der Waals surface area contributed by atoms with Crippen molar-refractivity contribution in [2.75, 3.05) is 17.2 Å². The second-order valence-electron chi connectivity index (χ2n) is 7.53. The summed E-state index contributed by atoms with van der Waals surface area (Å²) in [5, 5.41) is 10.6. The largest absolute Gasteiger partial charge is 0.365 e. The Morgan fingerprint density at radius 1 is 1.20 bits per heavy atom. The normalized spacial score (nSPS) is 18.7. The minimum atomic E-state index is -0.591. The number of rotatable bonds is 7. The van der Waals surface area contributed by atoms with E-state index >= 15 is 0 Å². The summed E-state index contributed by atoms with van der Waals surface area (Å²) in [6.07, 6.45) is 9.57. The molecule has 4 rings (SSSR count). The number of primary amides is 1. The lowest BCUT2D eigenvalue weighted by atomic mass is 9.85. The second kappa shape index (κ2) is 8.91. The molecule has 1 amide bonds. The number of nitrogens with zero attached hydrogens (tertiary/aromatic N) is 4. The van der Waals surface area contributed by atoms with Crippen LogP contribution in [-0.2, 0) is 0 Å². The van der Waals surface area contributed by atoms with Gasteiger partial charge in [0.05, 0.1) is 5.69 Å². The zero-order valence-corrected chi connectivity index (χ0v) is 16.7. The number of aromatic nitrogens is 4. The lowest BCUT2D eigenvalue weighted by Gasteiger charge is -2.28. The highest BCUT2D eigenvalue weighted by Gasteiger charge is 2.22. The molecule has 3 aromatic rings. The van der Waals surface area contributed by atoms with Gasteiger partial charge in [-0.05, 0) is 49.1 Å². The number of benzene rings is 1. The number of hydrogen-bond donors (Lipinski definition) is 4. The van der Waals surface area contributed by atoms with Crippen LogP contribution >= 0.6 is 0 Å². The molecule has 2 atom stereocenters. The van der Waals surface area contributed by atoms with E-state index in [0.717, 1.165) is 24.2 Å². The third-order valence-corrected chi connectivity index (χ3v) is 5.44. The van der Waals surface area contributed by atoms with Crippen molar-refractivity contribution in [3.05, 3.63) is 54.5 Å². The highest BCUT2D eigenvalue weighted by Crippen LogP contribution is 2.24. The molecule has 0 aliphatic heterocycles. The van der Waals surface area contributed by atoms with Crippen molar-refractivity contribution >= 4 is 23.4 Å². The van der Waals surface area contributed by atoms with E-state index in [9.17, 15) is 4.79 Å². The Hall–Kier alpha value is -3.46. The SMILES string of the molecule is NC(=O)c1cnc(NC[C@@H]2CCCC[C@@H]2N)nc1Nc1ccc(-n2cccn2)cc1. The zero-order chi connectivity index (χ0) is 20.9. The first kappa shape index (κ1) is 19.8. The third kappa shape index (κ3) is 4.57. The average Bonchev–Trinajstić information content (AvgIpc) is 3.29. The molecule has 2 heterocycles. The lowest BCUT2D eigenvalue weighted by Crippen LogP contribution is -2.37. The maximum absolute atomic E-state index is 11.8. The molecule has 1 fully saturated rings. The molecule has 9 nitrogen and oxygen atoms in total. The van der Waals surface area contributed by atoms with Crippen LogP contribution in [0.3, 0.4) is 0 Å². The van der Waals surface area contributed by atoms with E-state index in [2.05, 4.69) is 25.7 Å². The molecule has 156 valence electrons. The van der Waals surface area contributed by atoms with E-state index in [1.54, 1.807) is 10.9 Å². The number of amides is 1. The second-order valence-corrected chi connectivity index (χ2v) is 7.53. The van der Waals surface area contributed by atoms with E-state index in [1.807, 2.05) is 36.5 Å². The number of nitrogens with two attached hydrogens (primary N) is 2. The standard InChI is InChI=1S/C21H26N8O/c22-18-5-2-1-4-14(18)12-24-21-25-13-17(19(23)30)20(28-21)27-15-6-8-16(9-7-15)29-11-3-10-26-29/h3,6-11,13-14,18H,1-2,4-5,12,22H2,(H2,23,30)(H2,24,25,27,28)/t14-,18-/m0/s1. The minimum absolute atomic E-state index is 0.196. The Labute approximate surface area is 174 Å². The Morgan fingerprint density at radius 3 is 2.70 bits per heavy atom. The summed E-state index contributed by atoms with van der Waals surface area (Å²) in [6.45, 7) is 0.703. The molecule has 30 heavy (non-hydrogen) atoms. The molecule has 0 radical (unpaired) electrons. The number of hydrogen-bond acceptors (Lipinski definition) is 7. The van der Waals surface area contributed by atoms with Gasteiger partial charge >= 0.3 is 0 Å². The van der Waals surface area contributed by atoms with Crippen LogP contribution in [-0.4, -0.2) is 38.2 Å². The summed E-state index contributed by atoms with van der Waals surface area (Å²) >= 11 is 0. The number of anilines is 3. The van der Waals surface area contributed by atoms with Crippen molar-refractivity contribution < 1.29 is 4.79 Å². The first-order valence-corrected chi connectivity index (χ1v) is 10.1. The van der Waals surface area contributed by atoms with Gasteiger partial charge in [0.2, 0.25) is 5.95 Å². The van der Waals surface area contributed by atoms with Crippen molar-refractivity contribution in [1.82, 2.24) is 19.7 Å². The van der Waals surface area contributed by atoms with E-state index in [1.165, 1.54) is 19.0 Å². The van der Waals surface area contributed by atoms with Crippen molar-refractivity contribution in [3.8, 4) is 5.69 Å². The van der Waals surface area contributed by atoms with Gasteiger partial charge in [0.25, 0.3) is 5.91 Å². The van der Waals surface area contributed by atoms with Gasteiger partial charge in [-0.25, -0.2) is 9.67 Å². The van der Waals surface area contributed by atoms with Crippen LogP contribution in [0, 0.1) is 5.92 Å². The highest BCUT2D eigenvalue weighted by molar-refractivity contribution is 5.98. The van der Waals surface area contributed by atoms with Crippen LogP contribution in [0.5, 0.6) is 0 Å². The quantitative estimate of drug-likeness (QED) is 0.473. The first-order valence-electron chi connectivity index (χ1n) is 10.1. The van der Waals surface area contributed by atoms with Crippen LogP contribution in [0.2, 0.25) is 0 Å². The molecule has 1 aliphatic rings. The number of carbonyl (C=O) groups is 1. The van der Waals surface area contributed by atoms with Gasteiger partial charge in [-0.3, -0.25) is 4.79 Å². The molecule has 0 saturated heterocycles. The van der Waals surface area contributed by atoms with E-state index in [4.69, 9.17) is 11.5 Å². The summed E-state index contributed by atoms with van der Waals surface area (Å²) < 4.78 is 1.77. The molecule has 1 saturated carbocycles. The zero-order valence-electron chi connectivity index (χ0n) is 16.7. The Balaban J connectivity index is 1.49. The molecule has 0 bridgehead atoms. The van der Waals surface area contributed by atoms with Gasteiger partial charge in [0, 0.05) is 36.9 Å². The van der Waals surface area contributed by atoms with Crippen LogP contribution in [0.1, 0.15) is 36.0 Å². The fourth-order valence-corrected chi connectivity index (χ4v) is 3.71. The summed E-state index contributed by atoms with van der Waals surface area (Å²) in [4.78, 5) is 20.6. The first-order chi connectivity index (χ1) is 14.6. The topological polar surface area (TPSA) is 137 Å². The maximum Gasteiger partial charge on any atom is 0.254 e. The predicted molar refractivity (Wildman–Crippen MR) is 116 cm³/mol. The smallest absolute Gasteiger partial charge is 0.254 e. The molecule has 0 unspecified atom stereocenters. The van der Waals surface area contributed by atoms with Gasteiger partial charge in [0.1, 0.15) is 11.4 Å². The van der Waals surface area contributed by atoms with Crippen LogP contribution in [0.4, 0.5) is 17.5 Å². The average molecular weight is 406 g/mol. The monoisotopic (exact) mass is 406 g/mol. The Bertz CT molecular complexity index is 987. The molecule has 2 aromatic heterocycles. The predicted octanol–water partition coefficient (Wildman–Crippen LogP) is 2.43. The van der Waals surface area contributed by atoms with Crippen LogP contribution in [0.15, 0.2) is 48.9 Å². The highest BCUT2D eigenvalue weighted by atomic mass is 16.1. The van der Waals surface area contributed by atoms with Gasteiger partial charge in [0.15, 0.2) is 0 Å². The van der Waals surface area contributed by atoms with Gasteiger partial charge in [-0.15, -0.1) is 0 Å². The molecule has 0 spiro atoms. The van der Waals surface area contributed by atoms with Gasteiger partial charge in [-0.2, -0.15) is 10.1 Å². The van der Waals surface area contributed by atoms with E-state index in [0.29, 0.717) is 24.2 Å². The maximum atomic E-state index is 11.8. The Kier molecular flexibility index (Phi) is 5.89. The van der Waals surface area contributed by atoms with Crippen LogP contribution in [0.25, 0.3) is 5.69 Å². The summed E-state index contributed by atoms with van der Waals surface area (Å²) in [5.41, 5.74) is 13.7. The molecule has 9 heteroatoms. The number of carbonyl (C=O) groups excluding carboxylic acids is 1. The summed E-state index contributed by atoms with van der Waals surface area (Å²) in [6, 6.07) is 9.67. The van der Waals surface area contributed by atoms with Gasteiger partial charge in [-0.1, -0.05) is 12.8 Å².